The van der Waals surface area contributed by atoms with E-state index < -0.39 is 15.9 Å². The summed E-state index contributed by atoms with van der Waals surface area (Å²) in [6.07, 6.45) is 2.27. The quantitative estimate of drug-likeness (QED) is 0.568. The van der Waals surface area contributed by atoms with Gasteiger partial charge in [-0.15, -0.1) is 0 Å². The number of sulfonamides is 1. The van der Waals surface area contributed by atoms with Gasteiger partial charge < -0.3 is 10.1 Å². The van der Waals surface area contributed by atoms with Gasteiger partial charge in [0.15, 0.2) is 0 Å². The van der Waals surface area contributed by atoms with Crippen LogP contribution in [0.4, 0.5) is 0 Å². The Morgan fingerprint density at radius 2 is 1.96 bits per heavy atom. The Kier molecular flexibility index (Phi) is 6.80. The minimum atomic E-state index is -3.70. The van der Waals surface area contributed by atoms with Crippen molar-refractivity contribution in [1.82, 2.24) is 9.62 Å². The van der Waals surface area contributed by atoms with Crippen LogP contribution in [0.25, 0.3) is 0 Å². The van der Waals surface area contributed by atoms with Gasteiger partial charge in [0, 0.05) is 31.6 Å². The molecule has 1 heterocycles. The SMILES string of the molecule is COC(=O)CCCNC(=O)c1ccc(Cl)c(S(=O)(=O)N2CCCC2)c1. The van der Waals surface area contributed by atoms with Gasteiger partial charge in [-0.25, -0.2) is 8.42 Å². The minimum absolute atomic E-state index is 0.0572. The van der Waals surface area contributed by atoms with E-state index in [0.29, 0.717) is 19.5 Å². The van der Waals surface area contributed by atoms with Crippen molar-refractivity contribution in [3.8, 4) is 0 Å². The van der Waals surface area contributed by atoms with E-state index in [1.807, 2.05) is 0 Å². The number of hydrogen-bond acceptors (Lipinski definition) is 5. The Morgan fingerprint density at radius 1 is 1.28 bits per heavy atom. The van der Waals surface area contributed by atoms with Gasteiger partial charge in [-0.05, 0) is 37.5 Å². The Bertz CT molecular complexity index is 745. The third-order valence-corrected chi connectivity index (χ3v) is 6.33. The summed E-state index contributed by atoms with van der Waals surface area (Å²) in [7, 11) is -2.40. The number of nitrogens with one attached hydrogen (secondary N) is 1. The van der Waals surface area contributed by atoms with Crippen LogP contribution in [0.1, 0.15) is 36.0 Å². The number of halogens is 1. The molecule has 0 saturated carbocycles. The molecule has 1 aromatic rings. The van der Waals surface area contributed by atoms with Crippen molar-refractivity contribution < 1.29 is 22.7 Å². The lowest BCUT2D eigenvalue weighted by Crippen LogP contribution is -2.29. The normalized spacial score (nSPS) is 15.1. The van der Waals surface area contributed by atoms with E-state index in [-0.39, 0.29) is 34.4 Å². The summed E-state index contributed by atoms with van der Waals surface area (Å²) in [6.45, 7) is 1.20. The van der Waals surface area contributed by atoms with Gasteiger partial charge in [-0.3, -0.25) is 9.59 Å². The lowest BCUT2D eigenvalue weighted by molar-refractivity contribution is -0.140. The maximum absolute atomic E-state index is 12.7. The predicted molar refractivity (Wildman–Crippen MR) is 93.0 cm³/mol. The summed E-state index contributed by atoms with van der Waals surface area (Å²) >= 11 is 6.05. The van der Waals surface area contributed by atoms with Crippen molar-refractivity contribution in [3.05, 3.63) is 28.8 Å². The average Bonchev–Trinajstić information content (AvgIpc) is 3.14. The fraction of sp³-hybridized carbons (Fsp3) is 0.500. The second kappa shape index (κ2) is 8.64. The molecule has 0 bridgehead atoms. The van der Waals surface area contributed by atoms with E-state index in [4.69, 9.17) is 11.6 Å². The second-order valence-corrected chi connectivity index (χ2v) is 8.01. The summed E-state index contributed by atoms with van der Waals surface area (Å²) in [5.74, 6) is -0.765. The Morgan fingerprint density at radius 3 is 2.60 bits per heavy atom. The van der Waals surface area contributed by atoms with Gasteiger partial charge in [0.2, 0.25) is 10.0 Å². The van der Waals surface area contributed by atoms with Crippen molar-refractivity contribution in [2.45, 2.75) is 30.6 Å². The number of methoxy groups -OCH3 is 1. The monoisotopic (exact) mass is 388 g/mol. The van der Waals surface area contributed by atoms with E-state index >= 15 is 0 Å². The van der Waals surface area contributed by atoms with Crippen LogP contribution >= 0.6 is 11.6 Å². The molecular formula is C16H21ClN2O5S. The van der Waals surface area contributed by atoms with Gasteiger partial charge in [0.1, 0.15) is 4.90 Å². The Balaban J connectivity index is 2.07. The number of benzene rings is 1. The molecule has 0 radical (unpaired) electrons. The minimum Gasteiger partial charge on any atom is -0.469 e. The smallest absolute Gasteiger partial charge is 0.305 e. The van der Waals surface area contributed by atoms with Crippen LogP contribution in [0.5, 0.6) is 0 Å². The molecule has 0 aliphatic carbocycles. The average molecular weight is 389 g/mol. The summed E-state index contributed by atoms with van der Waals surface area (Å²) in [6, 6.07) is 4.18. The highest BCUT2D eigenvalue weighted by Crippen LogP contribution is 2.28. The van der Waals surface area contributed by atoms with Crippen LogP contribution in [0.3, 0.4) is 0 Å². The first kappa shape index (κ1) is 19.7. The standard InChI is InChI=1S/C16H21ClN2O5S/c1-24-15(20)5-4-8-18-16(21)12-6-7-13(17)14(11-12)25(22,23)19-9-2-3-10-19/h6-7,11H,2-5,8-10H2,1H3,(H,18,21). The molecule has 1 saturated heterocycles. The van der Waals surface area contributed by atoms with Crippen LogP contribution in [0.15, 0.2) is 23.1 Å². The predicted octanol–water partition coefficient (Wildman–Crippen LogP) is 1.81. The summed E-state index contributed by atoms with van der Waals surface area (Å²) in [5.41, 5.74) is 0.209. The molecule has 1 amide bonds. The highest BCUT2D eigenvalue weighted by atomic mass is 35.5. The number of nitrogens with zero attached hydrogens (tertiary/aromatic N) is 1. The third kappa shape index (κ3) is 4.93. The van der Waals surface area contributed by atoms with Crippen molar-refractivity contribution in [2.75, 3.05) is 26.7 Å². The van der Waals surface area contributed by atoms with Gasteiger partial charge >= 0.3 is 5.97 Å². The highest BCUT2D eigenvalue weighted by molar-refractivity contribution is 7.89. The number of carbonyl (C=O) groups is 2. The van der Waals surface area contributed by atoms with Gasteiger partial charge in [-0.1, -0.05) is 11.6 Å². The molecule has 0 spiro atoms. The summed E-state index contributed by atoms with van der Waals surface area (Å²) in [5, 5.41) is 2.74. The Labute approximate surface area is 152 Å². The number of hydrogen-bond donors (Lipinski definition) is 1. The molecule has 1 aliphatic rings. The molecule has 0 aromatic heterocycles. The molecule has 25 heavy (non-hydrogen) atoms. The van der Waals surface area contributed by atoms with Gasteiger partial charge in [0.25, 0.3) is 5.91 Å². The fourth-order valence-electron chi connectivity index (χ4n) is 2.55. The van der Waals surface area contributed by atoms with Crippen molar-refractivity contribution in [3.63, 3.8) is 0 Å². The number of esters is 1. The first-order valence-electron chi connectivity index (χ1n) is 8.01. The van der Waals surface area contributed by atoms with Crippen molar-refractivity contribution in [2.24, 2.45) is 0 Å². The molecule has 0 unspecified atom stereocenters. The number of amides is 1. The first-order valence-corrected chi connectivity index (χ1v) is 9.83. The van der Waals surface area contributed by atoms with Crippen molar-refractivity contribution in [1.29, 1.82) is 0 Å². The zero-order valence-corrected chi connectivity index (χ0v) is 15.5. The molecule has 0 atom stereocenters. The lowest BCUT2D eigenvalue weighted by atomic mass is 10.2. The maximum Gasteiger partial charge on any atom is 0.305 e. The molecule has 2 rings (SSSR count). The molecule has 7 nitrogen and oxygen atoms in total. The van der Waals surface area contributed by atoms with Crippen LogP contribution in [0.2, 0.25) is 5.02 Å². The maximum atomic E-state index is 12.7. The molecule has 1 N–H and O–H groups in total. The third-order valence-electron chi connectivity index (χ3n) is 3.95. The highest BCUT2D eigenvalue weighted by Gasteiger charge is 2.29. The number of ether oxygens (including phenoxy) is 1. The van der Waals surface area contributed by atoms with Crippen LogP contribution in [-0.2, 0) is 19.6 Å². The zero-order valence-electron chi connectivity index (χ0n) is 14.0. The van der Waals surface area contributed by atoms with Crippen molar-refractivity contribution >= 4 is 33.5 Å². The number of rotatable bonds is 7. The second-order valence-electron chi connectivity index (χ2n) is 5.69. The molecular weight excluding hydrogens is 368 g/mol. The van der Waals surface area contributed by atoms with Gasteiger partial charge in [0.05, 0.1) is 12.1 Å². The molecule has 9 heteroatoms. The molecule has 1 aromatic carbocycles. The van der Waals surface area contributed by atoms with Crippen LogP contribution in [0, 0.1) is 0 Å². The largest absolute Gasteiger partial charge is 0.469 e. The van der Waals surface area contributed by atoms with Gasteiger partial charge in [-0.2, -0.15) is 4.31 Å². The first-order chi connectivity index (χ1) is 11.9. The fourth-order valence-corrected chi connectivity index (χ4v) is 4.57. The van der Waals surface area contributed by atoms with E-state index in [0.717, 1.165) is 12.8 Å². The van der Waals surface area contributed by atoms with Crippen LogP contribution < -0.4 is 5.32 Å². The molecule has 138 valence electrons. The van der Waals surface area contributed by atoms with E-state index in [1.165, 1.54) is 29.6 Å². The summed E-state index contributed by atoms with van der Waals surface area (Å²) in [4.78, 5) is 23.2. The topological polar surface area (TPSA) is 92.8 Å². The molecule has 1 fully saturated rings. The lowest BCUT2D eigenvalue weighted by Gasteiger charge is -2.17. The molecule has 1 aliphatic heterocycles. The van der Waals surface area contributed by atoms with E-state index in [1.54, 1.807) is 0 Å². The van der Waals surface area contributed by atoms with E-state index in [9.17, 15) is 18.0 Å². The number of carbonyl (C=O) groups excluding carboxylic acids is 2. The summed E-state index contributed by atoms with van der Waals surface area (Å²) < 4.78 is 31.2. The Hall–Kier alpha value is -1.64. The zero-order chi connectivity index (χ0) is 18.4. The van der Waals surface area contributed by atoms with E-state index in [2.05, 4.69) is 10.1 Å². The van der Waals surface area contributed by atoms with Crippen LogP contribution in [-0.4, -0.2) is 51.3 Å².